The monoisotopic (exact) mass is 223 g/mol. The van der Waals surface area contributed by atoms with E-state index in [2.05, 4.69) is 4.74 Å². The van der Waals surface area contributed by atoms with E-state index in [4.69, 9.17) is 15.2 Å². The maximum absolute atomic E-state index is 11.5. The summed E-state index contributed by atoms with van der Waals surface area (Å²) in [4.78, 5) is 11.5. The van der Waals surface area contributed by atoms with Gasteiger partial charge in [-0.3, -0.25) is 0 Å². The average Bonchev–Trinajstić information content (AvgIpc) is 2.55. The summed E-state index contributed by atoms with van der Waals surface area (Å²) in [5.41, 5.74) is 6.57. The first kappa shape index (κ1) is 10.6. The number of esters is 1. The number of carbonyl (C=O) groups is 1. The molecule has 1 heterocycles. The van der Waals surface area contributed by atoms with Gasteiger partial charge in [-0.25, -0.2) is 4.79 Å². The molecule has 5 heteroatoms. The van der Waals surface area contributed by atoms with Gasteiger partial charge < -0.3 is 19.9 Å². The summed E-state index contributed by atoms with van der Waals surface area (Å²) >= 11 is 0. The van der Waals surface area contributed by atoms with Crippen LogP contribution in [-0.4, -0.2) is 26.3 Å². The number of hydrogen-bond donors (Lipinski definition) is 1. The minimum Gasteiger partial charge on any atom is -0.489 e. The maximum Gasteiger partial charge on any atom is 0.341 e. The van der Waals surface area contributed by atoms with Crippen LogP contribution >= 0.6 is 0 Å². The second-order valence-corrected chi connectivity index (χ2v) is 3.40. The number of carbonyl (C=O) groups excluding carboxylic acids is 1. The summed E-state index contributed by atoms with van der Waals surface area (Å²) in [5.74, 6) is 0.353. The number of benzene rings is 1. The number of fused-ring (bicyclic) bond motifs is 1. The Balaban J connectivity index is 2.51. The highest BCUT2D eigenvalue weighted by molar-refractivity contribution is 5.94. The minimum atomic E-state index is -0.457. The molecule has 0 saturated carbocycles. The molecular formula is C11H13NO4. The van der Waals surface area contributed by atoms with Crippen molar-refractivity contribution in [3.05, 3.63) is 17.7 Å². The van der Waals surface area contributed by atoms with Crippen molar-refractivity contribution >= 4 is 11.7 Å². The van der Waals surface area contributed by atoms with Crippen LogP contribution in [0.1, 0.15) is 16.8 Å². The molecule has 2 rings (SSSR count). The fraction of sp³-hybridized carbons (Fsp3) is 0.364. The predicted molar refractivity (Wildman–Crippen MR) is 57.8 cm³/mol. The van der Waals surface area contributed by atoms with Crippen molar-refractivity contribution in [1.82, 2.24) is 0 Å². The van der Waals surface area contributed by atoms with Crippen LogP contribution in [0.3, 0.4) is 0 Å². The first-order chi connectivity index (χ1) is 7.74. The van der Waals surface area contributed by atoms with Crippen LogP contribution in [0.25, 0.3) is 0 Å². The lowest BCUT2D eigenvalue weighted by atomic mass is 10.1. The van der Waals surface area contributed by atoms with Gasteiger partial charge in [0.1, 0.15) is 5.56 Å². The third-order valence-corrected chi connectivity index (χ3v) is 2.33. The Morgan fingerprint density at radius 3 is 2.69 bits per heavy atom. The smallest absolute Gasteiger partial charge is 0.341 e. The number of nitrogen functional groups attached to an aromatic ring is 1. The number of ether oxygens (including phenoxy) is 3. The van der Waals surface area contributed by atoms with Gasteiger partial charge in [0.25, 0.3) is 0 Å². The molecule has 0 saturated heterocycles. The highest BCUT2D eigenvalue weighted by Crippen LogP contribution is 2.38. The third-order valence-electron chi connectivity index (χ3n) is 2.33. The van der Waals surface area contributed by atoms with E-state index in [-0.39, 0.29) is 0 Å². The van der Waals surface area contributed by atoms with Crippen LogP contribution in [0.15, 0.2) is 12.1 Å². The molecule has 0 spiro atoms. The molecule has 0 atom stereocenters. The Bertz CT molecular complexity index is 417. The van der Waals surface area contributed by atoms with E-state index in [0.29, 0.717) is 36.0 Å². The van der Waals surface area contributed by atoms with Crippen molar-refractivity contribution in [1.29, 1.82) is 0 Å². The van der Waals surface area contributed by atoms with Crippen LogP contribution in [0.5, 0.6) is 11.5 Å². The zero-order valence-corrected chi connectivity index (χ0v) is 8.99. The molecule has 0 amide bonds. The van der Waals surface area contributed by atoms with Gasteiger partial charge >= 0.3 is 5.97 Å². The second-order valence-electron chi connectivity index (χ2n) is 3.40. The van der Waals surface area contributed by atoms with E-state index in [1.165, 1.54) is 7.11 Å². The Morgan fingerprint density at radius 2 is 2.00 bits per heavy atom. The molecule has 0 aromatic heterocycles. The van der Waals surface area contributed by atoms with Crippen molar-refractivity contribution in [2.24, 2.45) is 0 Å². The van der Waals surface area contributed by atoms with Crippen molar-refractivity contribution < 1.29 is 19.0 Å². The lowest BCUT2D eigenvalue weighted by molar-refractivity contribution is 0.0596. The van der Waals surface area contributed by atoms with Gasteiger partial charge in [-0.1, -0.05) is 0 Å². The molecule has 0 fully saturated rings. The molecule has 0 aliphatic carbocycles. The molecule has 1 aromatic carbocycles. The molecule has 1 aliphatic rings. The first-order valence-corrected chi connectivity index (χ1v) is 5.00. The van der Waals surface area contributed by atoms with Crippen molar-refractivity contribution in [3.63, 3.8) is 0 Å². The number of anilines is 1. The highest BCUT2D eigenvalue weighted by Gasteiger charge is 2.22. The van der Waals surface area contributed by atoms with Crippen molar-refractivity contribution in [2.45, 2.75) is 6.42 Å². The fourth-order valence-electron chi connectivity index (χ4n) is 1.55. The molecule has 86 valence electrons. The summed E-state index contributed by atoms with van der Waals surface area (Å²) in [6, 6.07) is 3.19. The van der Waals surface area contributed by atoms with Crippen molar-refractivity contribution in [3.8, 4) is 11.5 Å². The molecule has 2 N–H and O–H groups in total. The summed E-state index contributed by atoms with van der Waals surface area (Å²) in [6.07, 6.45) is 0.759. The minimum absolute atomic E-state index is 0.341. The van der Waals surface area contributed by atoms with Crippen LogP contribution in [0, 0.1) is 0 Å². The number of hydrogen-bond acceptors (Lipinski definition) is 5. The summed E-state index contributed by atoms with van der Waals surface area (Å²) in [7, 11) is 1.32. The quantitative estimate of drug-likeness (QED) is 0.572. The fourth-order valence-corrected chi connectivity index (χ4v) is 1.55. The lowest BCUT2D eigenvalue weighted by Gasteiger charge is -2.12. The van der Waals surface area contributed by atoms with Crippen LogP contribution in [0.4, 0.5) is 5.69 Å². The molecule has 0 bridgehead atoms. The Morgan fingerprint density at radius 1 is 1.31 bits per heavy atom. The molecule has 1 aromatic rings. The zero-order valence-electron chi connectivity index (χ0n) is 8.99. The third kappa shape index (κ3) is 1.76. The van der Waals surface area contributed by atoms with Crippen LogP contribution in [-0.2, 0) is 4.74 Å². The van der Waals surface area contributed by atoms with E-state index in [9.17, 15) is 4.79 Å². The van der Waals surface area contributed by atoms with Gasteiger partial charge in [0, 0.05) is 6.42 Å². The Kier molecular flexibility index (Phi) is 2.85. The van der Waals surface area contributed by atoms with E-state index >= 15 is 0 Å². The van der Waals surface area contributed by atoms with Gasteiger partial charge in [0.05, 0.1) is 26.0 Å². The topological polar surface area (TPSA) is 70.8 Å². The summed E-state index contributed by atoms with van der Waals surface area (Å²) < 4.78 is 15.6. The van der Waals surface area contributed by atoms with Gasteiger partial charge in [0.2, 0.25) is 0 Å². The maximum atomic E-state index is 11.5. The molecule has 5 nitrogen and oxygen atoms in total. The number of methoxy groups -OCH3 is 1. The average molecular weight is 223 g/mol. The highest BCUT2D eigenvalue weighted by atomic mass is 16.5. The molecule has 1 aliphatic heterocycles. The molecule has 0 radical (unpaired) electrons. The Hall–Kier alpha value is -1.91. The van der Waals surface area contributed by atoms with E-state index in [0.717, 1.165) is 6.42 Å². The standard InChI is InChI=1S/C11H13NO4/c1-14-11(13)7-3-4-8(12)10-9(7)15-5-2-6-16-10/h3-4H,2,5-6,12H2,1H3. The van der Waals surface area contributed by atoms with Gasteiger partial charge in [-0.15, -0.1) is 0 Å². The van der Waals surface area contributed by atoms with Gasteiger partial charge in [-0.05, 0) is 12.1 Å². The van der Waals surface area contributed by atoms with Gasteiger partial charge in [0.15, 0.2) is 11.5 Å². The normalized spacial score (nSPS) is 14.1. The molecule has 0 unspecified atom stereocenters. The summed E-state index contributed by atoms with van der Waals surface area (Å²) in [5, 5.41) is 0. The Labute approximate surface area is 93.1 Å². The summed E-state index contributed by atoms with van der Waals surface area (Å²) in [6.45, 7) is 1.03. The number of nitrogens with two attached hydrogens (primary N) is 1. The van der Waals surface area contributed by atoms with E-state index in [1.54, 1.807) is 12.1 Å². The lowest BCUT2D eigenvalue weighted by Crippen LogP contribution is -2.06. The molecule has 16 heavy (non-hydrogen) atoms. The second kappa shape index (κ2) is 4.30. The zero-order chi connectivity index (χ0) is 11.5. The molecular weight excluding hydrogens is 210 g/mol. The SMILES string of the molecule is COC(=O)c1ccc(N)c2c1OCCCO2. The largest absolute Gasteiger partial charge is 0.489 e. The van der Waals surface area contributed by atoms with E-state index < -0.39 is 5.97 Å². The van der Waals surface area contributed by atoms with Gasteiger partial charge in [-0.2, -0.15) is 0 Å². The number of rotatable bonds is 1. The van der Waals surface area contributed by atoms with Crippen LogP contribution < -0.4 is 15.2 Å². The van der Waals surface area contributed by atoms with E-state index in [1.807, 2.05) is 0 Å². The predicted octanol–water partition coefficient (Wildman–Crippen LogP) is 1.22. The van der Waals surface area contributed by atoms with Crippen LogP contribution in [0.2, 0.25) is 0 Å². The first-order valence-electron chi connectivity index (χ1n) is 5.00. The van der Waals surface area contributed by atoms with Crippen molar-refractivity contribution in [2.75, 3.05) is 26.1 Å².